The van der Waals surface area contributed by atoms with Gasteiger partial charge in [0.15, 0.2) is 5.17 Å². The van der Waals surface area contributed by atoms with Crippen LogP contribution in [0.25, 0.3) is 10.9 Å². The van der Waals surface area contributed by atoms with E-state index in [0.717, 1.165) is 11.1 Å². The van der Waals surface area contributed by atoms with E-state index in [1.165, 1.54) is 13.3 Å². The molecule has 2 atom stereocenters. The molecule has 1 aliphatic heterocycles. The number of aliphatic hydroxyl groups is 1. The summed E-state index contributed by atoms with van der Waals surface area (Å²) in [6, 6.07) is 15.0. The van der Waals surface area contributed by atoms with Crippen molar-refractivity contribution in [2.75, 3.05) is 19.5 Å². The lowest BCUT2D eigenvalue weighted by Gasteiger charge is -2.12. The quantitative estimate of drug-likeness (QED) is 0.460. The molecule has 3 aromatic rings. The number of benzene rings is 2. The molecule has 1 aromatic heterocycles. The van der Waals surface area contributed by atoms with Crippen molar-refractivity contribution < 1.29 is 19.4 Å². The Labute approximate surface area is 193 Å². The highest BCUT2D eigenvalue weighted by Gasteiger charge is 2.23. The Bertz CT molecular complexity index is 1270. The van der Waals surface area contributed by atoms with Crippen LogP contribution in [-0.4, -0.2) is 58.0 Å². The zero-order chi connectivity index (χ0) is 23.4. The molecule has 8 nitrogen and oxygen atoms in total. The first-order valence-corrected chi connectivity index (χ1v) is 11.8. The second-order valence-electron chi connectivity index (χ2n) is 7.55. The van der Waals surface area contributed by atoms with Crippen molar-refractivity contribution in [2.24, 2.45) is 10.7 Å². The Morgan fingerprint density at radius 2 is 2.12 bits per heavy atom. The van der Waals surface area contributed by atoms with Crippen molar-refractivity contribution in [1.82, 2.24) is 10.3 Å². The number of aromatic nitrogens is 1. The third-order valence-electron chi connectivity index (χ3n) is 5.20. The molecular weight excluding hydrogens is 440 g/mol. The van der Waals surface area contributed by atoms with Crippen molar-refractivity contribution in [3.05, 3.63) is 71.4 Å². The van der Waals surface area contributed by atoms with Crippen molar-refractivity contribution >= 4 is 43.7 Å². The SMILES string of the molecule is COc1c(C(N)=O)cnc2ccc(/C=S3/CC(=O)NC3=N[C@@H](CO)Cc3ccccc3)cc12. The van der Waals surface area contributed by atoms with Crippen LogP contribution in [0.2, 0.25) is 0 Å². The fraction of sp³-hybridized carbons (Fsp3) is 0.208. The summed E-state index contributed by atoms with van der Waals surface area (Å²) in [5, 5.41) is 15.9. The summed E-state index contributed by atoms with van der Waals surface area (Å²) in [5.74, 6) is -0.0765. The molecular formula is C24H24N4O4S. The minimum atomic E-state index is -0.619. The molecule has 33 heavy (non-hydrogen) atoms. The summed E-state index contributed by atoms with van der Waals surface area (Å²) in [4.78, 5) is 32.9. The average molecular weight is 465 g/mol. The van der Waals surface area contributed by atoms with Gasteiger partial charge in [0.25, 0.3) is 5.91 Å². The summed E-state index contributed by atoms with van der Waals surface area (Å²) >= 11 is 0. The minimum Gasteiger partial charge on any atom is -0.495 e. The molecule has 1 unspecified atom stereocenters. The number of nitrogens with two attached hydrogens (primary N) is 1. The number of carbonyl (C=O) groups is 2. The van der Waals surface area contributed by atoms with Crippen LogP contribution in [0.15, 0.2) is 59.7 Å². The average Bonchev–Trinajstić information content (AvgIpc) is 3.16. The van der Waals surface area contributed by atoms with Crippen molar-refractivity contribution in [1.29, 1.82) is 0 Å². The third kappa shape index (κ3) is 5.10. The van der Waals surface area contributed by atoms with Gasteiger partial charge in [-0.3, -0.25) is 19.6 Å². The van der Waals surface area contributed by atoms with Crippen LogP contribution >= 0.6 is 10.5 Å². The molecule has 0 aliphatic carbocycles. The molecule has 4 N–H and O–H groups in total. The van der Waals surface area contributed by atoms with E-state index in [-0.39, 0.29) is 29.9 Å². The van der Waals surface area contributed by atoms with E-state index in [0.29, 0.717) is 28.2 Å². The number of aliphatic hydroxyl groups excluding tert-OH is 1. The second-order valence-corrected chi connectivity index (χ2v) is 9.31. The Balaban J connectivity index is 1.69. The third-order valence-corrected chi connectivity index (χ3v) is 7.03. The topological polar surface area (TPSA) is 127 Å². The Morgan fingerprint density at radius 3 is 2.82 bits per heavy atom. The first-order valence-electron chi connectivity index (χ1n) is 10.3. The standard InChI is InChI=1S/C24H24N4O4S/c1-32-22-18-10-16(7-8-20(18)26-11-19(22)23(25)31)13-33-14-21(30)28-24(33)27-17(12-29)9-15-5-3-2-4-6-15/h2-8,10-11,13,17,29H,9,12,14H2,1H3,(H2,25,31)(H,27,28,30)/t17-,33?/m1/s1. The number of hydrogen-bond acceptors (Lipinski definition) is 6. The number of aliphatic imine (C=N–C) groups is 1. The molecule has 9 heteroatoms. The molecule has 1 aliphatic rings. The van der Waals surface area contributed by atoms with E-state index < -0.39 is 16.4 Å². The van der Waals surface area contributed by atoms with E-state index in [4.69, 9.17) is 10.5 Å². The van der Waals surface area contributed by atoms with E-state index >= 15 is 0 Å². The minimum absolute atomic E-state index is 0.110. The van der Waals surface area contributed by atoms with Gasteiger partial charge in [-0.1, -0.05) is 36.4 Å². The molecule has 4 rings (SSSR count). The number of fused-ring (bicyclic) bond motifs is 1. The van der Waals surface area contributed by atoms with Gasteiger partial charge in [0, 0.05) is 11.6 Å². The highest BCUT2D eigenvalue weighted by Crippen LogP contribution is 2.30. The van der Waals surface area contributed by atoms with E-state index in [2.05, 4.69) is 15.3 Å². The van der Waals surface area contributed by atoms with Crippen LogP contribution in [0, 0.1) is 0 Å². The highest BCUT2D eigenvalue weighted by atomic mass is 32.2. The van der Waals surface area contributed by atoms with Crippen LogP contribution < -0.4 is 15.8 Å². The fourth-order valence-electron chi connectivity index (χ4n) is 3.65. The zero-order valence-corrected chi connectivity index (χ0v) is 18.8. The molecule has 2 amide bonds. The van der Waals surface area contributed by atoms with E-state index in [9.17, 15) is 14.7 Å². The van der Waals surface area contributed by atoms with Crippen LogP contribution in [0.4, 0.5) is 0 Å². The van der Waals surface area contributed by atoms with Crippen molar-refractivity contribution in [3.8, 4) is 5.75 Å². The number of carbonyl (C=O) groups excluding carboxylic acids is 2. The monoisotopic (exact) mass is 464 g/mol. The molecule has 0 spiro atoms. The summed E-state index contributed by atoms with van der Waals surface area (Å²) in [7, 11) is 0.886. The Hall–Kier alpha value is -3.56. The highest BCUT2D eigenvalue weighted by molar-refractivity contribution is 8.29. The zero-order valence-electron chi connectivity index (χ0n) is 18.0. The first-order chi connectivity index (χ1) is 16.0. The number of pyridine rings is 1. The van der Waals surface area contributed by atoms with Gasteiger partial charge in [-0.2, -0.15) is 0 Å². The van der Waals surface area contributed by atoms with Gasteiger partial charge in [0.1, 0.15) is 11.3 Å². The first kappa shape index (κ1) is 22.6. The number of amides is 2. The summed E-state index contributed by atoms with van der Waals surface area (Å²) in [5.41, 5.74) is 8.22. The number of nitrogens with zero attached hydrogens (tertiary/aromatic N) is 2. The molecule has 1 fully saturated rings. The number of ether oxygens (including phenoxy) is 1. The lowest BCUT2D eigenvalue weighted by molar-refractivity contribution is -0.116. The molecule has 2 heterocycles. The molecule has 170 valence electrons. The number of hydrogen-bond donors (Lipinski definition) is 3. The maximum Gasteiger partial charge on any atom is 0.254 e. The maximum absolute atomic E-state index is 12.2. The van der Waals surface area contributed by atoms with Gasteiger partial charge in [0.2, 0.25) is 5.91 Å². The molecule has 0 radical (unpaired) electrons. The smallest absolute Gasteiger partial charge is 0.254 e. The number of nitrogens with one attached hydrogen (secondary N) is 1. The second kappa shape index (κ2) is 9.93. The van der Waals surface area contributed by atoms with E-state index in [1.807, 2.05) is 53.9 Å². The van der Waals surface area contributed by atoms with Gasteiger partial charge in [-0.25, -0.2) is 0 Å². The van der Waals surface area contributed by atoms with Crippen LogP contribution in [0.3, 0.4) is 0 Å². The predicted molar refractivity (Wildman–Crippen MR) is 131 cm³/mol. The largest absolute Gasteiger partial charge is 0.495 e. The molecule has 0 bridgehead atoms. The summed E-state index contributed by atoms with van der Waals surface area (Å²) < 4.78 is 5.44. The predicted octanol–water partition coefficient (Wildman–Crippen LogP) is 1.85. The number of rotatable bonds is 7. The van der Waals surface area contributed by atoms with Crippen molar-refractivity contribution in [2.45, 2.75) is 12.5 Å². The van der Waals surface area contributed by atoms with Crippen molar-refractivity contribution in [3.63, 3.8) is 0 Å². The van der Waals surface area contributed by atoms with Gasteiger partial charge >= 0.3 is 0 Å². The summed E-state index contributed by atoms with van der Waals surface area (Å²) in [6.45, 7) is -0.125. The number of amidine groups is 1. The number of primary amides is 1. The Kier molecular flexibility index (Phi) is 6.81. The van der Waals surface area contributed by atoms with Gasteiger partial charge in [0.05, 0.1) is 31.0 Å². The number of methoxy groups -OCH3 is 1. The van der Waals surface area contributed by atoms with Crippen LogP contribution in [0.5, 0.6) is 5.75 Å². The van der Waals surface area contributed by atoms with Gasteiger partial charge in [-0.15, -0.1) is 10.5 Å². The fourth-order valence-corrected chi connectivity index (χ4v) is 5.34. The lowest BCUT2D eigenvalue weighted by Crippen LogP contribution is -2.24. The van der Waals surface area contributed by atoms with Crippen LogP contribution in [-0.2, 0) is 11.2 Å². The molecule has 2 aromatic carbocycles. The molecule has 0 saturated carbocycles. The maximum atomic E-state index is 12.2. The van der Waals surface area contributed by atoms with Gasteiger partial charge < -0.3 is 20.9 Å². The van der Waals surface area contributed by atoms with Crippen LogP contribution in [0.1, 0.15) is 21.5 Å². The summed E-state index contributed by atoms with van der Waals surface area (Å²) in [6.07, 6.45) is 1.98. The van der Waals surface area contributed by atoms with Gasteiger partial charge in [-0.05, 0) is 35.0 Å². The Morgan fingerprint density at radius 1 is 1.33 bits per heavy atom. The normalized spacial score (nSPS) is 17.9. The molecule has 1 saturated heterocycles. The van der Waals surface area contributed by atoms with E-state index in [1.54, 1.807) is 0 Å². The lowest BCUT2D eigenvalue weighted by atomic mass is 10.1.